The summed E-state index contributed by atoms with van der Waals surface area (Å²) in [6.07, 6.45) is 4.00. The standard InChI is InChI=1S/C17H26N2O/c1-3-13-8-10-19(11-9-13)15-12-20-16-7-5-4-6-14(16)17(15)18-2/h4-7,13,15,17-18H,3,8-12H2,1-2H3. The minimum absolute atomic E-state index is 0.387. The van der Waals surface area contributed by atoms with Crippen molar-refractivity contribution in [2.45, 2.75) is 38.3 Å². The van der Waals surface area contributed by atoms with Crippen molar-refractivity contribution in [3.05, 3.63) is 29.8 Å². The fourth-order valence-electron chi connectivity index (χ4n) is 3.70. The van der Waals surface area contributed by atoms with E-state index >= 15 is 0 Å². The van der Waals surface area contributed by atoms with Gasteiger partial charge in [-0.2, -0.15) is 0 Å². The second kappa shape index (κ2) is 6.15. The summed E-state index contributed by atoms with van der Waals surface area (Å²) in [7, 11) is 2.07. The van der Waals surface area contributed by atoms with Crippen molar-refractivity contribution < 1.29 is 4.74 Å². The molecule has 0 amide bonds. The zero-order valence-electron chi connectivity index (χ0n) is 12.6. The molecule has 2 aliphatic heterocycles. The summed E-state index contributed by atoms with van der Waals surface area (Å²) in [4.78, 5) is 2.63. The zero-order valence-corrected chi connectivity index (χ0v) is 12.6. The Morgan fingerprint density at radius 1 is 1.25 bits per heavy atom. The van der Waals surface area contributed by atoms with Crippen molar-refractivity contribution in [3.63, 3.8) is 0 Å². The fourth-order valence-corrected chi connectivity index (χ4v) is 3.70. The minimum Gasteiger partial charge on any atom is -0.492 e. The van der Waals surface area contributed by atoms with Crippen LogP contribution in [0.3, 0.4) is 0 Å². The summed E-state index contributed by atoms with van der Waals surface area (Å²) >= 11 is 0. The summed E-state index contributed by atoms with van der Waals surface area (Å²) in [5.74, 6) is 1.97. The average molecular weight is 274 g/mol. The Morgan fingerprint density at radius 3 is 2.70 bits per heavy atom. The van der Waals surface area contributed by atoms with Gasteiger partial charge in [0, 0.05) is 5.56 Å². The van der Waals surface area contributed by atoms with Crippen molar-refractivity contribution in [1.82, 2.24) is 10.2 Å². The highest BCUT2D eigenvalue weighted by atomic mass is 16.5. The van der Waals surface area contributed by atoms with Gasteiger partial charge in [-0.1, -0.05) is 31.5 Å². The van der Waals surface area contributed by atoms with Crippen molar-refractivity contribution in [2.24, 2.45) is 5.92 Å². The fraction of sp³-hybridized carbons (Fsp3) is 0.647. The molecule has 1 N–H and O–H groups in total. The van der Waals surface area contributed by atoms with Crippen LogP contribution in [0.1, 0.15) is 37.8 Å². The topological polar surface area (TPSA) is 24.5 Å². The number of nitrogens with one attached hydrogen (secondary N) is 1. The SMILES string of the molecule is CCC1CCN(C2COc3ccccc3C2NC)CC1. The predicted octanol–water partition coefficient (Wildman–Crippen LogP) is 2.83. The molecule has 1 aromatic rings. The van der Waals surface area contributed by atoms with E-state index in [2.05, 4.69) is 48.5 Å². The lowest BCUT2D eigenvalue weighted by Gasteiger charge is -2.43. The first-order valence-corrected chi connectivity index (χ1v) is 7.96. The molecule has 0 aliphatic carbocycles. The second-order valence-electron chi connectivity index (χ2n) is 6.07. The van der Waals surface area contributed by atoms with Crippen LogP contribution >= 0.6 is 0 Å². The third kappa shape index (κ3) is 2.57. The number of likely N-dealkylation sites (N-methyl/N-ethyl adjacent to an activating group) is 1. The van der Waals surface area contributed by atoms with Crippen LogP contribution in [0.2, 0.25) is 0 Å². The third-order valence-corrected chi connectivity index (χ3v) is 5.05. The van der Waals surface area contributed by atoms with Crippen LogP contribution in [0.15, 0.2) is 24.3 Å². The zero-order chi connectivity index (χ0) is 13.9. The summed E-state index contributed by atoms with van der Waals surface area (Å²) in [6.45, 7) is 5.55. The molecule has 2 aliphatic rings. The Balaban J connectivity index is 1.75. The molecule has 3 rings (SSSR count). The molecule has 0 bridgehead atoms. The van der Waals surface area contributed by atoms with Crippen LogP contribution in [0.5, 0.6) is 5.75 Å². The van der Waals surface area contributed by atoms with Crippen molar-refractivity contribution in [3.8, 4) is 5.75 Å². The Kier molecular flexibility index (Phi) is 4.27. The lowest BCUT2D eigenvalue weighted by molar-refractivity contribution is 0.0587. The van der Waals surface area contributed by atoms with E-state index in [1.165, 1.54) is 37.9 Å². The summed E-state index contributed by atoms with van der Waals surface area (Å²) < 4.78 is 5.99. The van der Waals surface area contributed by atoms with Gasteiger partial charge in [0.2, 0.25) is 0 Å². The molecule has 3 nitrogen and oxygen atoms in total. The molecule has 0 radical (unpaired) electrons. The van der Waals surface area contributed by atoms with E-state index in [0.717, 1.165) is 18.3 Å². The maximum atomic E-state index is 5.99. The quantitative estimate of drug-likeness (QED) is 0.917. The number of hydrogen-bond donors (Lipinski definition) is 1. The van der Waals surface area contributed by atoms with E-state index < -0.39 is 0 Å². The van der Waals surface area contributed by atoms with Crippen LogP contribution in [-0.2, 0) is 0 Å². The Bertz CT molecular complexity index is 440. The average Bonchev–Trinajstić information content (AvgIpc) is 2.54. The lowest BCUT2D eigenvalue weighted by Crippen LogP contribution is -2.52. The number of rotatable bonds is 3. The van der Waals surface area contributed by atoms with Gasteiger partial charge in [0.05, 0.1) is 12.1 Å². The molecule has 0 spiro atoms. The maximum absolute atomic E-state index is 5.99. The lowest BCUT2D eigenvalue weighted by atomic mass is 9.90. The molecule has 2 atom stereocenters. The molecule has 0 saturated carbocycles. The van der Waals surface area contributed by atoms with E-state index in [1.807, 2.05) is 0 Å². The van der Waals surface area contributed by atoms with E-state index in [9.17, 15) is 0 Å². The normalized spacial score (nSPS) is 27.9. The first-order valence-electron chi connectivity index (χ1n) is 7.96. The number of benzene rings is 1. The summed E-state index contributed by atoms with van der Waals surface area (Å²) in [5, 5.41) is 3.51. The van der Waals surface area contributed by atoms with E-state index in [4.69, 9.17) is 4.74 Å². The van der Waals surface area contributed by atoms with E-state index in [1.54, 1.807) is 0 Å². The number of fused-ring (bicyclic) bond motifs is 1. The van der Waals surface area contributed by atoms with Gasteiger partial charge in [-0.3, -0.25) is 4.90 Å². The maximum Gasteiger partial charge on any atom is 0.124 e. The Morgan fingerprint density at radius 2 is 2.00 bits per heavy atom. The van der Waals surface area contributed by atoms with Gasteiger partial charge in [-0.25, -0.2) is 0 Å². The molecule has 110 valence electrons. The van der Waals surface area contributed by atoms with Gasteiger partial charge in [0.25, 0.3) is 0 Å². The number of ether oxygens (including phenoxy) is 1. The monoisotopic (exact) mass is 274 g/mol. The van der Waals surface area contributed by atoms with Crippen molar-refractivity contribution in [2.75, 3.05) is 26.7 Å². The highest BCUT2D eigenvalue weighted by Gasteiger charge is 2.35. The Hall–Kier alpha value is -1.06. The molecular weight excluding hydrogens is 248 g/mol. The predicted molar refractivity (Wildman–Crippen MR) is 82.1 cm³/mol. The van der Waals surface area contributed by atoms with E-state index in [0.29, 0.717) is 12.1 Å². The van der Waals surface area contributed by atoms with Crippen molar-refractivity contribution >= 4 is 0 Å². The largest absolute Gasteiger partial charge is 0.492 e. The molecule has 1 saturated heterocycles. The van der Waals surface area contributed by atoms with Crippen LogP contribution in [0, 0.1) is 5.92 Å². The molecule has 1 aromatic carbocycles. The van der Waals surface area contributed by atoms with Gasteiger partial charge in [0.15, 0.2) is 0 Å². The summed E-state index contributed by atoms with van der Waals surface area (Å²) in [6, 6.07) is 9.29. The van der Waals surface area contributed by atoms with Crippen LogP contribution in [-0.4, -0.2) is 37.7 Å². The first kappa shape index (κ1) is 13.9. The van der Waals surface area contributed by atoms with Crippen LogP contribution in [0.4, 0.5) is 0 Å². The number of piperidine rings is 1. The summed E-state index contributed by atoms with van der Waals surface area (Å²) in [5.41, 5.74) is 1.31. The van der Waals surface area contributed by atoms with Gasteiger partial charge in [-0.15, -0.1) is 0 Å². The Labute approximate surface area is 122 Å². The van der Waals surface area contributed by atoms with E-state index in [-0.39, 0.29) is 0 Å². The molecule has 0 aromatic heterocycles. The first-order chi connectivity index (χ1) is 9.83. The molecule has 3 heteroatoms. The second-order valence-corrected chi connectivity index (χ2v) is 6.07. The molecular formula is C17H26N2O. The number of nitrogens with zero attached hydrogens (tertiary/aromatic N) is 1. The highest BCUT2D eigenvalue weighted by molar-refractivity contribution is 5.38. The highest BCUT2D eigenvalue weighted by Crippen LogP contribution is 2.35. The smallest absolute Gasteiger partial charge is 0.124 e. The number of para-hydroxylation sites is 1. The van der Waals surface area contributed by atoms with Gasteiger partial charge >= 0.3 is 0 Å². The molecule has 2 heterocycles. The van der Waals surface area contributed by atoms with Gasteiger partial charge in [0.1, 0.15) is 12.4 Å². The molecule has 1 fully saturated rings. The number of hydrogen-bond acceptors (Lipinski definition) is 3. The minimum atomic E-state index is 0.387. The van der Waals surface area contributed by atoms with Crippen LogP contribution < -0.4 is 10.1 Å². The number of likely N-dealkylation sites (tertiary alicyclic amines) is 1. The third-order valence-electron chi connectivity index (χ3n) is 5.05. The van der Waals surface area contributed by atoms with Crippen molar-refractivity contribution in [1.29, 1.82) is 0 Å². The van der Waals surface area contributed by atoms with Crippen LogP contribution in [0.25, 0.3) is 0 Å². The van der Waals surface area contributed by atoms with Gasteiger partial charge < -0.3 is 10.1 Å². The molecule has 20 heavy (non-hydrogen) atoms. The molecule has 2 unspecified atom stereocenters. The van der Waals surface area contributed by atoms with Gasteiger partial charge in [-0.05, 0) is 45.0 Å².